The summed E-state index contributed by atoms with van der Waals surface area (Å²) in [6, 6.07) is 8.86. The van der Waals surface area contributed by atoms with Crippen molar-refractivity contribution in [2.75, 3.05) is 23.7 Å². The first-order valence-corrected chi connectivity index (χ1v) is 13.7. The third-order valence-electron chi connectivity index (χ3n) is 5.28. The van der Waals surface area contributed by atoms with Crippen LogP contribution in [-0.2, 0) is 26.2 Å². The number of hydrogen-bond acceptors (Lipinski definition) is 6. The van der Waals surface area contributed by atoms with Crippen molar-refractivity contribution in [1.29, 1.82) is 0 Å². The fourth-order valence-electron chi connectivity index (χ4n) is 3.50. The molecular formula is C23H28Cl2N4O6S. The zero-order valence-electron chi connectivity index (χ0n) is 20.1. The molecule has 196 valence electrons. The van der Waals surface area contributed by atoms with Crippen molar-refractivity contribution >= 4 is 56.4 Å². The van der Waals surface area contributed by atoms with Gasteiger partial charge in [0.25, 0.3) is 5.69 Å². The molecule has 0 radical (unpaired) electrons. The van der Waals surface area contributed by atoms with Crippen LogP contribution in [0.15, 0.2) is 42.5 Å². The van der Waals surface area contributed by atoms with E-state index >= 15 is 0 Å². The predicted molar refractivity (Wildman–Crippen MR) is 140 cm³/mol. The minimum Gasteiger partial charge on any atom is -0.354 e. The summed E-state index contributed by atoms with van der Waals surface area (Å²) < 4.78 is 26.0. The van der Waals surface area contributed by atoms with E-state index in [1.807, 2.05) is 6.92 Å². The van der Waals surface area contributed by atoms with E-state index in [-0.39, 0.29) is 35.3 Å². The predicted octanol–water partition coefficient (Wildman–Crippen LogP) is 4.00. The molecule has 13 heteroatoms. The number of nitrogens with one attached hydrogen (secondary N) is 1. The van der Waals surface area contributed by atoms with Crippen molar-refractivity contribution < 1.29 is 22.9 Å². The molecule has 0 aliphatic carbocycles. The molecule has 0 heterocycles. The van der Waals surface area contributed by atoms with E-state index in [0.29, 0.717) is 23.6 Å². The van der Waals surface area contributed by atoms with Gasteiger partial charge in [0.1, 0.15) is 12.6 Å². The van der Waals surface area contributed by atoms with Gasteiger partial charge in [0.2, 0.25) is 21.8 Å². The third-order valence-corrected chi connectivity index (χ3v) is 7.16. The molecule has 0 spiro atoms. The summed E-state index contributed by atoms with van der Waals surface area (Å²) in [7, 11) is -4.02. The van der Waals surface area contributed by atoms with E-state index in [0.717, 1.165) is 16.6 Å². The van der Waals surface area contributed by atoms with Crippen LogP contribution in [0, 0.1) is 10.1 Å². The second-order valence-corrected chi connectivity index (χ2v) is 10.8. The van der Waals surface area contributed by atoms with Crippen LogP contribution in [0.1, 0.15) is 32.3 Å². The lowest BCUT2D eigenvalue weighted by molar-refractivity contribution is -0.384. The molecule has 0 bridgehead atoms. The number of nitro benzene ring substituents is 1. The molecule has 0 saturated heterocycles. The Bertz CT molecular complexity index is 1220. The van der Waals surface area contributed by atoms with Gasteiger partial charge in [0.05, 0.1) is 26.9 Å². The van der Waals surface area contributed by atoms with Gasteiger partial charge in [0.15, 0.2) is 0 Å². The highest BCUT2D eigenvalue weighted by molar-refractivity contribution is 7.92. The molecule has 0 unspecified atom stereocenters. The topological polar surface area (TPSA) is 130 Å². The van der Waals surface area contributed by atoms with Crippen LogP contribution >= 0.6 is 23.2 Å². The first-order chi connectivity index (χ1) is 16.9. The average Bonchev–Trinajstić information content (AvgIpc) is 2.82. The highest BCUT2D eigenvalue weighted by Gasteiger charge is 2.32. The van der Waals surface area contributed by atoms with Crippen molar-refractivity contribution in [3.05, 3.63) is 68.2 Å². The van der Waals surface area contributed by atoms with Crippen LogP contribution in [0.25, 0.3) is 0 Å². The molecule has 0 aromatic heterocycles. The Hall–Kier alpha value is -2.89. The summed E-state index contributed by atoms with van der Waals surface area (Å²) in [6.07, 6.45) is 1.85. The number of carbonyl (C=O) groups is 2. The molecule has 0 saturated carbocycles. The van der Waals surface area contributed by atoms with E-state index in [2.05, 4.69) is 5.32 Å². The molecule has 1 N–H and O–H groups in total. The molecular weight excluding hydrogens is 531 g/mol. The number of halogens is 2. The number of anilines is 1. The number of benzene rings is 2. The monoisotopic (exact) mass is 558 g/mol. The van der Waals surface area contributed by atoms with Gasteiger partial charge in [-0.25, -0.2) is 8.42 Å². The normalized spacial score (nSPS) is 12.0. The number of sulfonamides is 1. The largest absolute Gasteiger partial charge is 0.354 e. The van der Waals surface area contributed by atoms with Crippen LogP contribution in [0.3, 0.4) is 0 Å². The number of nitro groups is 1. The van der Waals surface area contributed by atoms with Gasteiger partial charge in [-0.05, 0) is 36.6 Å². The third kappa shape index (κ3) is 7.81. The first kappa shape index (κ1) is 29.3. The summed E-state index contributed by atoms with van der Waals surface area (Å²) in [5, 5.41) is 14.6. The van der Waals surface area contributed by atoms with E-state index in [1.165, 1.54) is 23.1 Å². The fraction of sp³-hybridized carbons (Fsp3) is 0.391. The lowest BCUT2D eigenvalue weighted by Crippen LogP contribution is -2.52. The van der Waals surface area contributed by atoms with Gasteiger partial charge in [0, 0.05) is 25.2 Å². The smallest absolute Gasteiger partial charge is 0.271 e. The molecule has 10 nitrogen and oxygen atoms in total. The number of rotatable bonds is 12. The Labute approximate surface area is 220 Å². The number of amides is 2. The minimum absolute atomic E-state index is 0.0414. The van der Waals surface area contributed by atoms with E-state index in [4.69, 9.17) is 23.2 Å². The lowest BCUT2D eigenvalue weighted by Gasteiger charge is -2.32. The van der Waals surface area contributed by atoms with Crippen LogP contribution < -0.4 is 9.62 Å². The minimum atomic E-state index is -4.02. The summed E-state index contributed by atoms with van der Waals surface area (Å²) >= 11 is 12.1. The quantitative estimate of drug-likeness (QED) is 0.309. The van der Waals surface area contributed by atoms with Crippen LogP contribution in [0.5, 0.6) is 0 Å². The Kier molecular flexibility index (Phi) is 10.5. The van der Waals surface area contributed by atoms with Gasteiger partial charge in [-0.3, -0.25) is 24.0 Å². The molecule has 1 atom stereocenters. The van der Waals surface area contributed by atoms with Crippen LogP contribution in [0.2, 0.25) is 10.0 Å². The van der Waals surface area contributed by atoms with Crippen molar-refractivity contribution in [3.8, 4) is 0 Å². The van der Waals surface area contributed by atoms with Gasteiger partial charge >= 0.3 is 0 Å². The number of hydrogen-bond donors (Lipinski definition) is 1. The van der Waals surface area contributed by atoms with Gasteiger partial charge in [-0.15, -0.1) is 0 Å². The Morgan fingerprint density at radius 3 is 2.36 bits per heavy atom. The SMILES string of the molecule is CCCNC(=O)[C@@H](CC)N(Cc1ccc(Cl)c(Cl)c1)C(=O)CN(c1cccc([N+](=O)[O-])c1)S(C)(=O)=O. The van der Waals surface area contributed by atoms with Crippen molar-refractivity contribution in [2.24, 2.45) is 0 Å². The molecule has 0 fully saturated rings. The fourth-order valence-corrected chi connectivity index (χ4v) is 4.66. The zero-order chi connectivity index (χ0) is 27.0. The first-order valence-electron chi connectivity index (χ1n) is 11.1. The Morgan fingerprint density at radius 2 is 1.81 bits per heavy atom. The van der Waals surface area contributed by atoms with Crippen molar-refractivity contribution in [2.45, 2.75) is 39.3 Å². The number of non-ortho nitro benzene ring substituents is 1. The van der Waals surface area contributed by atoms with Gasteiger partial charge in [-0.1, -0.05) is 49.2 Å². The highest BCUT2D eigenvalue weighted by atomic mass is 35.5. The van der Waals surface area contributed by atoms with E-state index in [1.54, 1.807) is 25.1 Å². The van der Waals surface area contributed by atoms with Crippen molar-refractivity contribution in [3.63, 3.8) is 0 Å². The molecule has 2 amide bonds. The second-order valence-electron chi connectivity index (χ2n) is 8.03. The van der Waals surface area contributed by atoms with Gasteiger partial charge < -0.3 is 10.2 Å². The summed E-state index contributed by atoms with van der Waals surface area (Å²) in [5.74, 6) is -1.05. The highest BCUT2D eigenvalue weighted by Crippen LogP contribution is 2.26. The van der Waals surface area contributed by atoms with Crippen molar-refractivity contribution in [1.82, 2.24) is 10.2 Å². The summed E-state index contributed by atoms with van der Waals surface area (Å²) in [6.45, 7) is 3.33. The Balaban J connectivity index is 2.48. The van der Waals surface area contributed by atoms with E-state index in [9.17, 15) is 28.1 Å². The molecule has 0 aliphatic heterocycles. The molecule has 2 rings (SSSR count). The molecule has 0 aliphatic rings. The zero-order valence-corrected chi connectivity index (χ0v) is 22.4. The lowest BCUT2D eigenvalue weighted by atomic mass is 10.1. The molecule has 2 aromatic carbocycles. The average molecular weight is 559 g/mol. The molecule has 36 heavy (non-hydrogen) atoms. The van der Waals surface area contributed by atoms with E-state index < -0.39 is 33.4 Å². The maximum atomic E-state index is 13.6. The standard InChI is InChI=1S/C23H28Cl2N4O6S/c1-4-11-26-23(31)21(5-2)27(14-16-9-10-19(24)20(25)12-16)22(30)15-28(36(3,34)35)17-7-6-8-18(13-17)29(32)33/h6-10,12-13,21H,4-5,11,14-15H2,1-3H3,(H,26,31)/t21-/m1/s1. The maximum absolute atomic E-state index is 13.6. The number of nitrogens with zero attached hydrogens (tertiary/aromatic N) is 3. The van der Waals surface area contributed by atoms with Crippen LogP contribution in [-0.4, -0.2) is 55.4 Å². The summed E-state index contributed by atoms with van der Waals surface area (Å²) in [5.41, 5.74) is 0.213. The molecule has 2 aromatic rings. The van der Waals surface area contributed by atoms with Gasteiger partial charge in [-0.2, -0.15) is 0 Å². The second kappa shape index (κ2) is 12.9. The van der Waals surface area contributed by atoms with Crippen LogP contribution in [0.4, 0.5) is 11.4 Å². The number of carbonyl (C=O) groups excluding carboxylic acids is 2. The summed E-state index contributed by atoms with van der Waals surface area (Å²) in [4.78, 5) is 38.3. The Morgan fingerprint density at radius 1 is 1.11 bits per heavy atom. The maximum Gasteiger partial charge on any atom is 0.271 e.